The van der Waals surface area contributed by atoms with Crippen LogP contribution in [0.5, 0.6) is 0 Å². The SMILES string of the molecule is CC12CC=C(c3ccc4c(c3)c3ccccc3n4-c3ccccc3)C=C1c1ccccc1N2c1cc(-c2cccc(C#N)c2)c2ccccc2n1. The Balaban J connectivity index is 1.11. The average Bonchev–Trinajstić information content (AvgIpc) is 3.66. The van der Waals surface area contributed by atoms with E-state index in [2.05, 4.69) is 162 Å². The number of para-hydroxylation sites is 4. The summed E-state index contributed by atoms with van der Waals surface area (Å²) in [6.07, 6.45) is 5.62. The Morgan fingerprint density at radius 1 is 0.647 bits per heavy atom. The summed E-state index contributed by atoms with van der Waals surface area (Å²) in [6, 6.07) is 55.7. The molecule has 4 heteroatoms. The van der Waals surface area contributed by atoms with Crippen LogP contribution in [-0.4, -0.2) is 15.1 Å². The Labute approximate surface area is 296 Å². The predicted octanol–water partition coefficient (Wildman–Crippen LogP) is 11.7. The Hall–Kier alpha value is -6.70. The number of hydrogen-bond donors (Lipinski definition) is 0. The number of pyridine rings is 1. The van der Waals surface area contributed by atoms with Crippen molar-refractivity contribution in [3.63, 3.8) is 0 Å². The summed E-state index contributed by atoms with van der Waals surface area (Å²) in [5, 5.41) is 13.3. The van der Waals surface area contributed by atoms with Crippen LogP contribution < -0.4 is 4.90 Å². The first kappa shape index (κ1) is 29.2. The fourth-order valence-corrected chi connectivity index (χ4v) is 8.39. The van der Waals surface area contributed by atoms with Crippen molar-refractivity contribution in [1.82, 2.24) is 9.55 Å². The minimum Gasteiger partial charge on any atom is -0.315 e. The third-order valence-corrected chi connectivity index (χ3v) is 10.8. The van der Waals surface area contributed by atoms with Crippen molar-refractivity contribution >= 4 is 55.4 Å². The van der Waals surface area contributed by atoms with Gasteiger partial charge in [0.1, 0.15) is 5.82 Å². The van der Waals surface area contributed by atoms with Crippen molar-refractivity contribution in [1.29, 1.82) is 5.26 Å². The van der Waals surface area contributed by atoms with Gasteiger partial charge >= 0.3 is 0 Å². The largest absolute Gasteiger partial charge is 0.315 e. The van der Waals surface area contributed by atoms with Crippen LogP contribution in [0.2, 0.25) is 0 Å². The summed E-state index contributed by atoms with van der Waals surface area (Å²) in [4.78, 5) is 7.73. The van der Waals surface area contributed by atoms with Crippen LogP contribution in [0.4, 0.5) is 11.5 Å². The molecule has 1 unspecified atom stereocenters. The highest BCUT2D eigenvalue weighted by atomic mass is 15.3. The zero-order chi connectivity index (χ0) is 34.1. The molecule has 1 atom stereocenters. The maximum absolute atomic E-state index is 9.69. The third-order valence-electron chi connectivity index (χ3n) is 10.8. The van der Waals surface area contributed by atoms with Gasteiger partial charge in [0.05, 0.1) is 39.4 Å². The lowest BCUT2D eigenvalue weighted by molar-refractivity contribution is 0.604. The smallest absolute Gasteiger partial charge is 0.135 e. The van der Waals surface area contributed by atoms with Gasteiger partial charge < -0.3 is 9.47 Å². The lowest BCUT2D eigenvalue weighted by Gasteiger charge is -2.39. The molecule has 1 aliphatic heterocycles. The van der Waals surface area contributed by atoms with Crippen LogP contribution in [0.25, 0.3) is 60.7 Å². The molecule has 0 fully saturated rings. The zero-order valence-electron chi connectivity index (χ0n) is 28.1. The number of rotatable bonds is 4. The second kappa shape index (κ2) is 11.2. The standard InChI is InChI=1S/C47H32N4/c1-47-25-24-33(32-22-23-44-40(27-32)37-17-6-9-20-43(37)50(44)35-14-3-2-4-15-35)28-41(47)38-18-7-10-21-45(38)51(47)46-29-39(34-13-11-12-31(26-34)30-48)36-16-5-8-19-42(36)49-46/h2-24,26-29H,25H2,1H3. The van der Waals surface area contributed by atoms with Crippen LogP contribution in [0.3, 0.4) is 0 Å². The van der Waals surface area contributed by atoms with Gasteiger partial charge in [-0.3, -0.25) is 0 Å². The molecule has 10 rings (SSSR count). The Morgan fingerprint density at radius 3 is 2.29 bits per heavy atom. The van der Waals surface area contributed by atoms with E-state index in [1.165, 1.54) is 44.1 Å². The maximum atomic E-state index is 9.69. The van der Waals surface area contributed by atoms with E-state index in [1.54, 1.807) is 0 Å². The molecule has 240 valence electrons. The second-order valence-electron chi connectivity index (χ2n) is 13.7. The first-order chi connectivity index (χ1) is 25.1. The summed E-state index contributed by atoms with van der Waals surface area (Å²) in [7, 11) is 0. The van der Waals surface area contributed by atoms with Crippen molar-refractivity contribution in [2.24, 2.45) is 0 Å². The Bertz CT molecular complexity index is 2810. The summed E-state index contributed by atoms with van der Waals surface area (Å²) in [5.74, 6) is 0.899. The van der Waals surface area contributed by atoms with Gasteiger partial charge in [-0.25, -0.2) is 4.98 Å². The molecule has 0 saturated carbocycles. The molecular formula is C47H32N4. The number of fused-ring (bicyclic) bond motifs is 7. The molecule has 0 amide bonds. The quantitative estimate of drug-likeness (QED) is 0.190. The van der Waals surface area contributed by atoms with Crippen LogP contribution in [0, 0.1) is 11.3 Å². The molecule has 51 heavy (non-hydrogen) atoms. The minimum absolute atomic E-state index is 0.345. The summed E-state index contributed by atoms with van der Waals surface area (Å²) in [5.41, 5.74) is 13.0. The number of nitriles is 1. The molecule has 1 aliphatic carbocycles. The van der Waals surface area contributed by atoms with Crippen LogP contribution in [0.1, 0.15) is 30.0 Å². The molecule has 0 saturated heterocycles. The van der Waals surface area contributed by atoms with Crippen LogP contribution in [-0.2, 0) is 0 Å². The highest BCUT2D eigenvalue weighted by Gasteiger charge is 2.46. The molecule has 2 aromatic heterocycles. The van der Waals surface area contributed by atoms with E-state index in [4.69, 9.17) is 4.98 Å². The summed E-state index contributed by atoms with van der Waals surface area (Å²) >= 11 is 0. The highest BCUT2D eigenvalue weighted by Crippen LogP contribution is 2.55. The predicted molar refractivity (Wildman–Crippen MR) is 210 cm³/mol. The first-order valence-electron chi connectivity index (χ1n) is 17.4. The van der Waals surface area contributed by atoms with Gasteiger partial charge in [-0.05, 0) is 108 Å². The topological polar surface area (TPSA) is 44.9 Å². The van der Waals surface area contributed by atoms with Crippen molar-refractivity contribution in [3.8, 4) is 22.9 Å². The van der Waals surface area contributed by atoms with Gasteiger partial charge in [0.25, 0.3) is 0 Å². The third kappa shape index (κ3) is 4.42. The summed E-state index contributed by atoms with van der Waals surface area (Å²) < 4.78 is 2.37. The molecule has 8 aromatic rings. The van der Waals surface area contributed by atoms with E-state index in [-0.39, 0.29) is 5.54 Å². The normalized spacial score (nSPS) is 16.5. The average molecular weight is 653 g/mol. The van der Waals surface area contributed by atoms with Gasteiger partial charge in [0.2, 0.25) is 0 Å². The minimum atomic E-state index is -0.345. The fourth-order valence-electron chi connectivity index (χ4n) is 8.39. The highest BCUT2D eigenvalue weighted by molar-refractivity contribution is 6.11. The number of aromatic nitrogens is 2. The van der Waals surface area contributed by atoms with E-state index in [9.17, 15) is 5.26 Å². The van der Waals surface area contributed by atoms with E-state index in [0.29, 0.717) is 5.56 Å². The number of allylic oxidation sites excluding steroid dienone is 2. The van der Waals surface area contributed by atoms with E-state index in [1.807, 2.05) is 24.3 Å². The maximum Gasteiger partial charge on any atom is 0.135 e. The van der Waals surface area contributed by atoms with Gasteiger partial charge in [0, 0.05) is 27.4 Å². The fraction of sp³-hybridized carbons (Fsp3) is 0.0638. The van der Waals surface area contributed by atoms with Crippen molar-refractivity contribution in [3.05, 3.63) is 181 Å². The number of nitrogens with zero attached hydrogens (tertiary/aromatic N) is 4. The second-order valence-corrected chi connectivity index (χ2v) is 13.7. The molecule has 3 heterocycles. The van der Waals surface area contributed by atoms with Gasteiger partial charge in [-0.1, -0.05) is 97.1 Å². The number of anilines is 2. The van der Waals surface area contributed by atoms with E-state index in [0.717, 1.165) is 45.6 Å². The number of benzene rings is 6. The molecule has 2 aliphatic rings. The molecule has 0 N–H and O–H groups in total. The lowest BCUT2D eigenvalue weighted by Crippen LogP contribution is -2.41. The molecule has 0 bridgehead atoms. The van der Waals surface area contributed by atoms with E-state index < -0.39 is 0 Å². The Kier molecular flexibility index (Phi) is 6.40. The van der Waals surface area contributed by atoms with Gasteiger partial charge in [0.15, 0.2) is 0 Å². The summed E-state index contributed by atoms with van der Waals surface area (Å²) in [6.45, 7) is 2.34. The molecule has 6 aromatic carbocycles. The Morgan fingerprint density at radius 2 is 1.41 bits per heavy atom. The van der Waals surface area contributed by atoms with Gasteiger partial charge in [-0.2, -0.15) is 5.26 Å². The van der Waals surface area contributed by atoms with Crippen LogP contribution >= 0.6 is 0 Å². The van der Waals surface area contributed by atoms with Crippen LogP contribution in [0.15, 0.2) is 164 Å². The lowest BCUT2D eigenvalue weighted by atomic mass is 9.80. The van der Waals surface area contributed by atoms with Gasteiger partial charge in [-0.15, -0.1) is 0 Å². The monoisotopic (exact) mass is 652 g/mol. The molecular weight excluding hydrogens is 621 g/mol. The van der Waals surface area contributed by atoms with E-state index >= 15 is 0 Å². The van der Waals surface area contributed by atoms with Crippen molar-refractivity contribution < 1.29 is 0 Å². The molecule has 0 radical (unpaired) electrons. The molecule has 4 nitrogen and oxygen atoms in total. The van der Waals surface area contributed by atoms with Crippen molar-refractivity contribution in [2.75, 3.05) is 4.90 Å². The first-order valence-corrected chi connectivity index (χ1v) is 17.4. The number of hydrogen-bond acceptors (Lipinski definition) is 3. The molecule has 0 spiro atoms. The zero-order valence-corrected chi connectivity index (χ0v) is 28.1. The van der Waals surface area contributed by atoms with Crippen molar-refractivity contribution in [2.45, 2.75) is 18.9 Å².